The Morgan fingerprint density at radius 3 is 2.28 bits per heavy atom. The minimum atomic E-state index is -3.56. The summed E-state index contributed by atoms with van der Waals surface area (Å²) in [7, 11) is -3.56. The van der Waals surface area contributed by atoms with E-state index in [1.54, 1.807) is 12.1 Å². The van der Waals surface area contributed by atoms with Gasteiger partial charge in [-0.2, -0.15) is 4.31 Å². The largest absolute Gasteiger partial charge is 0.326 e. The van der Waals surface area contributed by atoms with E-state index in [-0.39, 0.29) is 29.7 Å². The van der Waals surface area contributed by atoms with Crippen LogP contribution in [0.15, 0.2) is 53.4 Å². The Hall–Kier alpha value is -2.78. The van der Waals surface area contributed by atoms with Crippen LogP contribution in [0.3, 0.4) is 0 Å². The minimum absolute atomic E-state index is 0.0546. The van der Waals surface area contributed by atoms with Gasteiger partial charge in [0.05, 0.1) is 10.8 Å². The van der Waals surface area contributed by atoms with Crippen molar-refractivity contribution in [2.75, 3.05) is 29.9 Å². The van der Waals surface area contributed by atoms with Gasteiger partial charge in [0.15, 0.2) is 0 Å². The maximum absolute atomic E-state index is 13.0. The van der Waals surface area contributed by atoms with Gasteiger partial charge in [0.1, 0.15) is 5.82 Å². The summed E-state index contributed by atoms with van der Waals surface area (Å²) in [5.74, 6) is -0.939. The topological polar surface area (TPSA) is 86.8 Å². The third-order valence-electron chi connectivity index (χ3n) is 6.14. The highest BCUT2D eigenvalue weighted by molar-refractivity contribution is 7.89. The van der Waals surface area contributed by atoms with Crippen LogP contribution in [0.25, 0.3) is 0 Å². The maximum Gasteiger partial charge on any atom is 0.243 e. The highest BCUT2D eigenvalue weighted by atomic mass is 32.2. The second-order valence-electron chi connectivity index (χ2n) is 8.48. The number of amides is 2. The van der Waals surface area contributed by atoms with Crippen LogP contribution in [0.4, 0.5) is 15.8 Å². The van der Waals surface area contributed by atoms with Crippen molar-refractivity contribution in [2.24, 2.45) is 11.8 Å². The maximum atomic E-state index is 13.0. The number of halogens is 1. The molecule has 0 radical (unpaired) electrons. The molecule has 1 N–H and O–H groups in total. The summed E-state index contributed by atoms with van der Waals surface area (Å²) in [6.07, 6.45) is 1.75. The lowest BCUT2D eigenvalue weighted by Gasteiger charge is -2.29. The first-order chi connectivity index (χ1) is 15.2. The van der Waals surface area contributed by atoms with Gasteiger partial charge in [-0.05, 0) is 67.3 Å². The van der Waals surface area contributed by atoms with Crippen molar-refractivity contribution in [1.29, 1.82) is 0 Å². The van der Waals surface area contributed by atoms with E-state index in [1.807, 2.05) is 0 Å². The zero-order valence-electron chi connectivity index (χ0n) is 17.8. The molecule has 4 rings (SSSR count). The number of carbonyl (C=O) groups excluding carboxylic acids is 2. The smallest absolute Gasteiger partial charge is 0.243 e. The van der Waals surface area contributed by atoms with Crippen molar-refractivity contribution in [3.05, 3.63) is 54.3 Å². The van der Waals surface area contributed by atoms with Gasteiger partial charge < -0.3 is 10.2 Å². The molecule has 0 saturated carbocycles. The molecule has 1 atom stereocenters. The lowest BCUT2D eigenvalue weighted by Crippen LogP contribution is -2.37. The molecular weight excluding hydrogens is 433 g/mol. The number of hydrogen-bond donors (Lipinski definition) is 1. The number of anilines is 2. The van der Waals surface area contributed by atoms with Crippen LogP contribution in [0.1, 0.15) is 26.2 Å². The zero-order valence-corrected chi connectivity index (χ0v) is 18.6. The number of rotatable bonds is 5. The van der Waals surface area contributed by atoms with E-state index in [0.29, 0.717) is 30.4 Å². The summed E-state index contributed by atoms with van der Waals surface area (Å²) in [5, 5.41) is 2.70. The zero-order chi connectivity index (χ0) is 22.9. The number of piperidine rings is 1. The first kappa shape index (κ1) is 22.4. The lowest BCUT2D eigenvalue weighted by molar-refractivity contribution is -0.122. The molecule has 2 aromatic carbocycles. The number of sulfonamides is 1. The number of nitrogens with one attached hydrogen (secondary N) is 1. The molecule has 2 aromatic rings. The molecule has 2 aliphatic heterocycles. The molecule has 170 valence electrons. The fourth-order valence-corrected chi connectivity index (χ4v) is 5.55. The molecule has 0 aromatic heterocycles. The molecule has 2 aliphatic rings. The van der Waals surface area contributed by atoms with Crippen LogP contribution in [0.5, 0.6) is 0 Å². The van der Waals surface area contributed by atoms with Gasteiger partial charge in [0.2, 0.25) is 21.8 Å². The SMILES string of the molecule is CC1CCN(S(=O)(=O)c2ccc(N3C[C@H](C(=O)Nc4ccc(F)cc4)CC3=O)cc2)CC1. The molecule has 9 heteroatoms. The summed E-state index contributed by atoms with van der Waals surface area (Å²) in [4.78, 5) is 26.7. The van der Waals surface area contributed by atoms with Crippen molar-refractivity contribution in [3.63, 3.8) is 0 Å². The number of nitrogens with zero attached hydrogens (tertiary/aromatic N) is 2. The molecule has 0 spiro atoms. The second kappa shape index (κ2) is 8.99. The third-order valence-corrected chi connectivity index (χ3v) is 8.05. The molecule has 2 amide bonds. The first-order valence-electron chi connectivity index (χ1n) is 10.7. The van der Waals surface area contributed by atoms with Gasteiger partial charge in [-0.25, -0.2) is 12.8 Å². The standard InChI is InChI=1S/C23H26FN3O4S/c1-16-10-12-26(13-11-16)32(30,31)21-8-6-20(7-9-21)27-15-17(14-22(27)28)23(29)25-19-4-2-18(24)3-5-19/h2-9,16-17H,10-15H2,1H3,(H,25,29)/t17-/m1/s1. The van der Waals surface area contributed by atoms with Gasteiger partial charge in [0, 0.05) is 37.4 Å². The minimum Gasteiger partial charge on any atom is -0.326 e. The van der Waals surface area contributed by atoms with E-state index in [4.69, 9.17) is 0 Å². The van der Waals surface area contributed by atoms with E-state index < -0.39 is 21.8 Å². The fraction of sp³-hybridized carbons (Fsp3) is 0.391. The normalized spacial score (nSPS) is 20.5. The van der Waals surface area contributed by atoms with Crippen molar-refractivity contribution in [1.82, 2.24) is 4.31 Å². The van der Waals surface area contributed by atoms with Gasteiger partial charge in [0.25, 0.3) is 0 Å². The first-order valence-corrected chi connectivity index (χ1v) is 12.1. The Morgan fingerprint density at radius 1 is 1.03 bits per heavy atom. The Morgan fingerprint density at radius 2 is 1.66 bits per heavy atom. The molecule has 2 heterocycles. The Kier molecular flexibility index (Phi) is 6.30. The number of benzene rings is 2. The van der Waals surface area contributed by atoms with Gasteiger partial charge in [-0.15, -0.1) is 0 Å². The van der Waals surface area contributed by atoms with Gasteiger partial charge in [-0.3, -0.25) is 9.59 Å². The predicted molar refractivity (Wildman–Crippen MR) is 119 cm³/mol. The highest BCUT2D eigenvalue weighted by Gasteiger charge is 2.35. The summed E-state index contributed by atoms with van der Waals surface area (Å²) in [6, 6.07) is 11.7. The molecule has 7 nitrogen and oxygen atoms in total. The molecule has 0 bridgehead atoms. The quantitative estimate of drug-likeness (QED) is 0.744. The van der Waals surface area contributed by atoms with Crippen LogP contribution in [-0.2, 0) is 19.6 Å². The second-order valence-corrected chi connectivity index (χ2v) is 10.4. The molecule has 2 fully saturated rings. The summed E-state index contributed by atoms with van der Waals surface area (Å²) >= 11 is 0. The molecular formula is C23H26FN3O4S. The average Bonchev–Trinajstić information content (AvgIpc) is 3.17. The van der Waals surface area contributed by atoms with Crippen LogP contribution in [0.2, 0.25) is 0 Å². The Balaban J connectivity index is 1.42. The monoisotopic (exact) mass is 459 g/mol. The Bertz CT molecular complexity index is 1100. The highest BCUT2D eigenvalue weighted by Crippen LogP contribution is 2.29. The van der Waals surface area contributed by atoms with Crippen LogP contribution in [-0.4, -0.2) is 44.2 Å². The summed E-state index contributed by atoms with van der Waals surface area (Å²) in [5.41, 5.74) is 1.02. The Labute approximate surface area is 187 Å². The van der Waals surface area contributed by atoms with Gasteiger partial charge in [-0.1, -0.05) is 6.92 Å². The van der Waals surface area contributed by atoms with Crippen molar-refractivity contribution < 1.29 is 22.4 Å². The van der Waals surface area contributed by atoms with E-state index in [2.05, 4.69) is 12.2 Å². The average molecular weight is 460 g/mol. The molecule has 0 aliphatic carbocycles. The lowest BCUT2D eigenvalue weighted by atomic mass is 10.0. The van der Waals surface area contributed by atoms with Crippen molar-refractivity contribution in [2.45, 2.75) is 31.1 Å². The van der Waals surface area contributed by atoms with Crippen LogP contribution >= 0.6 is 0 Å². The van der Waals surface area contributed by atoms with Crippen molar-refractivity contribution in [3.8, 4) is 0 Å². The van der Waals surface area contributed by atoms with Crippen LogP contribution < -0.4 is 10.2 Å². The predicted octanol–water partition coefficient (Wildman–Crippen LogP) is 3.24. The summed E-state index contributed by atoms with van der Waals surface area (Å²) in [6.45, 7) is 3.35. The fourth-order valence-electron chi connectivity index (χ4n) is 4.08. The third kappa shape index (κ3) is 4.68. The molecule has 32 heavy (non-hydrogen) atoms. The summed E-state index contributed by atoms with van der Waals surface area (Å²) < 4.78 is 40.3. The van der Waals surface area contributed by atoms with E-state index in [0.717, 1.165) is 12.8 Å². The van der Waals surface area contributed by atoms with E-state index >= 15 is 0 Å². The van der Waals surface area contributed by atoms with E-state index in [9.17, 15) is 22.4 Å². The van der Waals surface area contributed by atoms with Crippen molar-refractivity contribution >= 4 is 33.2 Å². The van der Waals surface area contributed by atoms with Crippen LogP contribution in [0, 0.1) is 17.7 Å². The molecule has 0 unspecified atom stereocenters. The van der Waals surface area contributed by atoms with Gasteiger partial charge >= 0.3 is 0 Å². The number of hydrogen-bond acceptors (Lipinski definition) is 4. The van der Waals surface area contributed by atoms with E-state index in [1.165, 1.54) is 45.6 Å². The number of carbonyl (C=O) groups is 2. The molecule has 2 saturated heterocycles.